The van der Waals surface area contributed by atoms with E-state index < -0.39 is 72.5 Å². The number of rotatable bonds is 16. The van der Waals surface area contributed by atoms with Gasteiger partial charge < -0.3 is 43.2 Å². The van der Waals surface area contributed by atoms with Crippen molar-refractivity contribution in [2.75, 3.05) is 12.0 Å². The van der Waals surface area contributed by atoms with Gasteiger partial charge in [-0.05, 0) is 36.5 Å². The molecule has 0 saturated heterocycles. The molecule has 4 unspecified atom stereocenters. The summed E-state index contributed by atoms with van der Waals surface area (Å²) in [5, 5.41) is 17.1. The van der Waals surface area contributed by atoms with E-state index >= 15 is 0 Å². The molecule has 0 fully saturated rings. The van der Waals surface area contributed by atoms with E-state index in [-0.39, 0.29) is 12.8 Å². The van der Waals surface area contributed by atoms with Crippen LogP contribution in [0.3, 0.4) is 0 Å². The average molecular weight is 564 g/mol. The van der Waals surface area contributed by atoms with E-state index in [0.717, 1.165) is 16.5 Å². The molecule has 2 rings (SSSR count). The van der Waals surface area contributed by atoms with Gasteiger partial charge >= 0.3 is 5.97 Å². The maximum Gasteiger partial charge on any atom is 0.326 e. The van der Waals surface area contributed by atoms with Gasteiger partial charge in [0.15, 0.2) is 0 Å². The molecule has 1 aromatic carbocycles. The van der Waals surface area contributed by atoms with Crippen molar-refractivity contribution in [2.24, 2.45) is 17.2 Å². The number of carboxylic acids is 1. The van der Waals surface area contributed by atoms with Crippen LogP contribution in [0.2, 0.25) is 0 Å². The lowest BCUT2D eigenvalue weighted by atomic mass is 10.0. The van der Waals surface area contributed by atoms with Crippen molar-refractivity contribution in [2.45, 2.75) is 49.9 Å². The fourth-order valence-electron chi connectivity index (χ4n) is 3.77. The summed E-state index contributed by atoms with van der Waals surface area (Å²) in [6.07, 6.45) is 2.38. The van der Waals surface area contributed by atoms with Crippen molar-refractivity contribution in [3.8, 4) is 0 Å². The van der Waals surface area contributed by atoms with Crippen molar-refractivity contribution in [3.05, 3.63) is 36.0 Å². The number of carboxylic acid groups (broad SMARTS) is 1. The number of H-pyrrole nitrogens is 1. The molecule has 0 saturated carbocycles. The summed E-state index contributed by atoms with van der Waals surface area (Å²) < 4.78 is 0. The van der Waals surface area contributed by atoms with E-state index in [9.17, 15) is 33.9 Å². The number of carbonyl (C=O) groups excluding carboxylic acids is 5. The number of primary amides is 2. The Morgan fingerprint density at radius 3 is 1.97 bits per heavy atom. The summed E-state index contributed by atoms with van der Waals surface area (Å²) in [5.41, 5.74) is 18.1. The molecule has 0 aliphatic carbocycles. The molecule has 2 aromatic rings. The van der Waals surface area contributed by atoms with Gasteiger partial charge in [0.2, 0.25) is 29.5 Å². The molecule has 14 nitrogen and oxygen atoms in total. The topological polar surface area (TPSA) is 253 Å². The maximum atomic E-state index is 13.0. The van der Waals surface area contributed by atoms with Gasteiger partial charge in [-0.2, -0.15) is 11.8 Å². The van der Waals surface area contributed by atoms with Crippen LogP contribution in [0.1, 0.15) is 24.8 Å². The van der Waals surface area contributed by atoms with Gasteiger partial charge in [-0.3, -0.25) is 24.0 Å². The van der Waals surface area contributed by atoms with Gasteiger partial charge in [0, 0.05) is 17.1 Å². The third-order valence-electron chi connectivity index (χ3n) is 5.75. The summed E-state index contributed by atoms with van der Waals surface area (Å²) in [4.78, 5) is 76.3. The highest BCUT2D eigenvalue weighted by atomic mass is 32.2. The smallest absolute Gasteiger partial charge is 0.326 e. The molecule has 1 heterocycles. The van der Waals surface area contributed by atoms with Crippen LogP contribution in [0.15, 0.2) is 30.5 Å². The summed E-state index contributed by atoms with van der Waals surface area (Å²) >= 11 is 1.37. The van der Waals surface area contributed by atoms with Gasteiger partial charge in [-0.25, -0.2) is 4.79 Å². The van der Waals surface area contributed by atoms with Crippen molar-refractivity contribution in [1.29, 1.82) is 0 Å². The quantitative estimate of drug-likeness (QED) is 0.113. The standard InChI is InChI=1S/C24H33N7O7S/c1-39-7-6-16(24(37)38)29-22(35)18(10-20(27)33)31-23(36)17(9-19(26)32)30-21(34)14(25)8-12-11-28-15-5-3-2-4-13(12)15/h2-5,11,14,16-18,28H,6-10,25H2,1H3,(H2,26,32)(H2,27,33)(H,29,35)(H,30,34)(H,31,36)(H,37,38). The minimum absolute atomic E-state index is 0.0914. The molecule has 15 heteroatoms. The van der Waals surface area contributed by atoms with E-state index in [4.69, 9.17) is 17.2 Å². The molecule has 39 heavy (non-hydrogen) atoms. The fraction of sp³-hybridized carbons (Fsp3) is 0.417. The second kappa shape index (κ2) is 14.7. The Morgan fingerprint density at radius 2 is 1.44 bits per heavy atom. The number of aliphatic carboxylic acids is 1. The molecule has 0 aliphatic heterocycles. The monoisotopic (exact) mass is 563 g/mol. The first kappa shape index (κ1) is 31.1. The van der Waals surface area contributed by atoms with E-state index in [1.165, 1.54) is 11.8 Å². The number of fused-ring (bicyclic) bond motifs is 1. The first-order valence-corrected chi connectivity index (χ1v) is 13.3. The number of benzene rings is 1. The largest absolute Gasteiger partial charge is 0.480 e. The first-order valence-electron chi connectivity index (χ1n) is 11.9. The lowest BCUT2D eigenvalue weighted by Crippen LogP contribution is -2.58. The molecule has 0 bridgehead atoms. The van der Waals surface area contributed by atoms with Crippen LogP contribution in [0.4, 0.5) is 0 Å². The van der Waals surface area contributed by atoms with Crippen LogP contribution in [-0.4, -0.2) is 81.8 Å². The Kier molecular flexibility index (Phi) is 11.7. The van der Waals surface area contributed by atoms with Crippen LogP contribution in [0.5, 0.6) is 0 Å². The summed E-state index contributed by atoms with van der Waals surface area (Å²) in [7, 11) is 0. The molecule has 1 aromatic heterocycles. The van der Waals surface area contributed by atoms with E-state index in [2.05, 4.69) is 20.9 Å². The normalized spacial score (nSPS) is 14.0. The summed E-state index contributed by atoms with van der Waals surface area (Å²) in [6, 6.07) is 1.91. The van der Waals surface area contributed by atoms with Crippen LogP contribution in [0, 0.1) is 0 Å². The van der Waals surface area contributed by atoms with Crippen molar-refractivity contribution in [3.63, 3.8) is 0 Å². The Hall–Kier alpha value is -4.11. The molecule has 0 aliphatic rings. The van der Waals surface area contributed by atoms with Crippen molar-refractivity contribution < 1.29 is 33.9 Å². The number of hydrogen-bond acceptors (Lipinski definition) is 8. The molecular formula is C24H33N7O7S. The maximum absolute atomic E-state index is 13.0. The predicted molar refractivity (Wildman–Crippen MR) is 144 cm³/mol. The van der Waals surface area contributed by atoms with Crippen molar-refractivity contribution in [1.82, 2.24) is 20.9 Å². The number of nitrogens with one attached hydrogen (secondary N) is 4. The first-order chi connectivity index (χ1) is 18.4. The summed E-state index contributed by atoms with van der Waals surface area (Å²) in [5.74, 6) is -5.52. The highest BCUT2D eigenvalue weighted by Gasteiger charge is 2.32. The Balaban J connectivity index is 2.13. The number of aromatic amines is 1. The number of nitrogens with two attached hydrogens (primary N) is 3. The zero-order valence-corrected chi connectivity index (χ0v) is 22.1. The SMILES string of the molecule is CSCCC(NC(=O)C(CC(N)=O)NC(=O)C(CC(N)=O)NC(=O)C(N)Cc1c[nH]c2ccccc12)C(=O)O. The number of thioether (sulfide) groups is 1. The molecule has 212 valence electrons. The third-order valence-corrected chi connectivity index (χ3v) is 6.40. The minimum atomic E-state index is -1.57. The van der Waals surface area contributed by atoms with Gasteiger partial charge in [0.25, 0.3) is 0 Å². The average Bonchev–Trinajstić information content (AvgIpc) is 3.27. The van der Waals surface area contributed by atoms with Gasteiger partial charge in [-0.1, -0.05) is 18.2 Å². The van der Waals surface area contributed by atoms with Crippen molar-refractivity contribution >= 4 is 58.2 Å². The molecule has 0 radical (unpaired) electrons. The summed E-state index contributed by atoms with van der Waals surface area (Å²) in [6.45, 7) is 0. The number of carbonyl (C=O) groups is 6. The molecule has 0 spiro atoms. The zero-order valence-electron chi connectivity index (χ0n) is 21.3. The van der Waals surface area contributed by atoms with Gasteiger partial charge in [0.05, 0.1) is 18.9 Å². The van der Waals surface area contributed by atoms with Crippen LogP contribution in [-0.2, 0) is 35.2 Å². The molecule has 11 N–H and O–H groups in total. The lowest BCUT2D eigenvalue weighted by Gasteiger charge is -2.24. The second-order valence-corrected chi connectivity index (χ2v) is 9.80. The molecule has 5 amide bonds. The number of amides is 5. The highest BCUT2D eigenvalue weighted by Crippen LogP contribution is 2.18. The van der Waals surface area contributed by atoms with Gasteiger partial charge in [0.1, 0.15) is 18.1 Å². The zero-order chi connectivity index (χ0) is 29.1. The third kappa shape index (κ3) is 9.61. The Labute approximate surface area is 228 Å². The van der Waals surface area contributed by atoms with E-state index in [1.54, 1.807) is 12.5 Å². The number of para-hydroxylation sites is 1. The minimum Gasteiger partial charge on any atom is -0.480 e. The van der Waals surface area contributed by atoms with Crippen LogP contribution < -0.4 is 33.2 Å². The van der Waals surface area contributed by atoms with E-state index in [0.29, 0.717) is 5.75 Å². The number of hydrogen-bond donors (Lipinski definition) is 8. The van der Waals surface area contributed by atoms with E-state index in [1.807, 2.05) is 24.3 Å². The predicted octanol–water partition coefficient (Wildman–Crippen LogP) is -1.92. The number of aromatic nitrogens is 1. The fourth-order valence-corrected chi connectivity index (χ4v) is 4.24. The highest BCUT2D eigenvalue weighted by molar-refractivity contribution is 7.98. The Morgan fingerprint density at radius 1 is 0.897 bits per heavy atom. The lowest BCUT2D eigenvalue weighted by molar-refractivity contribution is -0.142. The van der Waals surface area contributed by atoms with Gasteiger partial charge in [-0.15, -0.1) is 0 Å². The molecular weight excluding hydrogens is 530 g/mol. The molecule has 4 atom stereocenters. The second-order valence-electron chi connectivity index (χ2n) is 8.81. The van der Waals surface area contributed by atoms with Crippen LogP contribution in [0.25, 0.3) is 10.9 Å². The van der Waals surface area contributed by atoms with Crippen LogP contribution >= 0.6 is 11.8 Å². The Bertz CT molecular complexity index is 1220.